The van der Waals surface area contributed by atoms with E-state index >= 15 is 0 Å². The van der Waals surface area contributed by atoms with Crippen LogP contribution in [0.4, 0.5) is 5.82 Å². The van der Waals surface area contributed by atoms with Crippen LogP contribution in [0.1, 0.15) is 11.3 Å². The molecule has 0 aliphatic heterocycles. The third kappa shape index (κ3) is 3.71. The summed E-state index contributed by atoms with van der Waals surface area (Å²) >= 11 is 3.48. The lowest BCUT2D eigenvalue weighted by atomic mass is 10.2. The van der Waals surface area contributed by atoms with Gasteiger partial charge >= 0.3 is 0 Å². The summed E-state index contributed by atoms with van der Waals surface area (Å²) in [7, 11) is 3.72. The van der Waals surface area contributed by atoms with Crippen LogP contribution in [0.2, 0.25) is 0 Å². The third-order valence-electron chi connectivity index (χ3n) is 2.77. The summed E-state index contributed by atoms with van der Waals surface area (Å²) in [6, 6.07) is 7.84. The number of aromatic amines is 1. The van der Waals surface area contributed by atoms with Crippen molar-refractivity contribution in [3.05, 3.63) is 40.0 Å². The summed E-state index contributed by atoms with van der Waals surface area (Å²) < 4.78 is 6.41. The summed E-state index contributed by atoms with van der Waals surface area (Å²) in [4.78, 5) is 2.16. The molecule has 5 nitrogen and oxygen atoms in total. The van der Waals surface area contributed by atoms with Gasteiger partial charge in [0.2, 0.25) is 0 Å². The first kappa shape index (κ1) is 13.9. The van der Waals surface area contributed by atoms with Gasteiger partial charge in [0, 0.05) is 29.2 Å². The Kier molecular flexibility index (Phi) is 4.44. The summed E-state index contributed by atoms with van der Waals surface area (Å²) in [6.07, 6.45) is 0. The van der Waals surface area contributed by atoms with Crippen LogP contribution < -0.4 is 10.5 Å². The van der Waals surface area contributed by atoms with Crippen LogP contribution in [-0.4, -0.2) is 29.3 Å². The molecule has 0 bridgehead atoms. The summed E-state index contributed by atoms with van der Waals surface area (Å²) in [5.74, 6) is 1.41. The number of H-pyrrole nitrogens is 1. The van der Waals surface area contributed by atoms with Gasteiger partial charge in [-0.25, -0.2) is 0 Å². The molecule has 0 aliphatic rings. The maximum Gasteiger partial charge on any atom is 0.145 e. The molecule has 0 radical (unpaired) electrons. The Morgan fingerprint density at radius 2 is 2.16 bits per heavy atom. The average Bonchev–Trinajstić information content (AvgIpc) is 2.75. The van der Waals surface area contributed by atoms with Crippen LogP contribution in [0.25, 0.3) is 0 Å². The van der Waals surface area contributed by atoms with Gasteiger partial charge in [0.25, 0.3) is 0 Å². The maximum atomic E-state index is 5.59. The Morgan fingerprint density at radius 3 is 2.79 bits per heavy atom. The highest BCUT2D eigenvalue weighted by atomic mass is 79.9. The zero-order chi connectivity index (χ0) is 13.8. The van der Waals surface area contributed by atoms with E-state index in [1.165, 1.54) is 0 Å². The first-order valence-corrected chi connectivity index (χ1v) is 6.68. The highest BCUT2D eigenvalue weighted by Gasteiger charge is 2.08. The predicted octanol–water partition coefficient (Wildman–Crippen LogP) is 2.39. The predicted molar refractivity (Wildman–Crippen MR) is 78.9 cm³/mol. The van der Waals surface area contributed by atoms with Crippen molar-refractivity contribution in [1.82, 2.24) is 15.1 Å². The monoisotopic (exact) mass is 324 g/mol. The normalized spacial score (nSPS) is 10.9. The fraction of sp³-hybridized carbons (Fsp3) is 0.308. The van der Waals surface area contributed by atoms with Crippen molar-refractivity contribution in [3.63, 3.8) is 0 Å². The van der Waals surface area contributed by atoms with Crippen molar-refractivity contribution in [3.8, 4) is 5.75 Å². The lowest BCUT2D eigenvalue weighted by Crippen LogP contribution is -2.18. The second-order valence-electron chi connectivity index (χ2n) is 4.45. The summed E-state index contributed by atoms with van der Waals surface area (Å²) in [5, 5.41) is 6.82. The molecule has 0 spiro atoms. The molecular formula is C13H17BrN4O. The fourth-order valence-electron chi connectivity index (χ4n) is 1.97. The molecule has 0 aliphatic carbocycles. The Balaban J connectivity index is 2.05. The lowest BCUT2D eigenvalue weighted by Gasteiger charge is -2.17. The quantitative estimate of drug-likeness (QED) is 0.886. The van der Waals surface area contributed by atoms with Crippen LogP contribution in [0.3, 0.4) is 0 Å². The molecule has 3 N–H and O–H groups in total. The van der Waals surface area contributed by atoms with Gasteiger partial charge in [-0.3, -0.25) is 10.00 Å². The second kappa shape index (κ2) is 6.08. The fourth-order valence-corrected chi connectivity index (χ4v) is 2.38. The molecular weight excluding hydrogens is 308 g/mol. The van der Waals surface area contributed by atoms with E-state index in [9.17, 15) is 0 Å². The Bertz CT molecular complexity index is 555. The Morgan fingerprint density at radius 1 is 1.37 bits per heavy atom. The minimum absolute atomic E-state index is 0.517. The molecule has 0 saturated carbocycles. The molecule has 2 rings (SSSR count). The van der Waals surface area contributed by atoms with Gasteiger partial charge < -0.3 is 10.5 Å². The largest absolute Gasteiger partial charge is 0.496 e. The van der Waals surface area contributed by atoms with Gasteiger partial charge in [-0.1, -0.05) is 15.9 Å². The molecule has 1 aromatic heterocycles. The van der Waals surface area contributed by atoms with Crippen molar-refractivity contribution in [2.75, 3.05) is 19.9 Å². The van der Waals surface area contributed by atoms with Crippen LogP contribution in [-0.2, 0) is 13.1 Å². The van der Waals surface area contributed by atoms with Gasteiger partial charge in [-0.05, 0) is 25.2 Å². The summed E-state index contributed by atoms with van der Waals surface area (Å²) in [5.41, 5.74) is 7.71. The van der Waals surface area contributed by atoms with Crippen molar-refractivity contribution in [1.29, 1.82) is 0 Å². The molecule has 0 atom stereocenters. The van der Waals surface area contributed by atoms with E-state index in [1.54, 1.807) is 7.11 Å². The van der Waals surface area contributed by atoms with Crippen molar-refractivity contribution in [2.45, 2.75) is 13.1 Å². The third-order valence-corrected chi connectivity index (χ3v) is 3.27. The van der Waals surface area contributed by atoms with E-state index in [0.29, 0.717) is 5.82 Å². The molecule has 102 valence electrons. The van der Waals surface area contributed by atoms with Crippen molar-refractivity contribution < 1.29 is 4.74 Å². The van der Waals surface area contributed by atoms with Crippen LogP contribution in [0.15, 0.2) is 28.7 Å². The van der Waals surface area contributed by atoms with Crippen LogP contribution in [0, 0.1) is 0 Å². The Labute approximate surface area is 120 Å². The highest BCUT2D eigenvalue weighted by Crippen LogP contribution is 2.24. The van der Waals surface area contributed by atoms with Crippen molar-refractivity contribution >= 4 is 21.7 Å². The zero-order valence-corrected chi connectivity index (χ0v) is 12.6. The van der Waals surface area contributed by atoms with Gasteiger partial charge in [0.05, 0.1) is 12.8 Å². The van der Waals surface area contributed by atoms with E-state index in [0.717, 1.165) is 34.6 Å². The molecule has 0 unspecified atom stereocenters. The number of nitrogens with zero attached hydrogens (tertiary/aromatic N) is 2. The van der Waals surface area contributed by atoms with Crippen LogP contribution in [0.5, 0.6) is 5.75 Å². The number of nitrogens with one attached hydrogen (secondary N) is 1. The first-order valence-electron chi connectivity index (χ1n) is 5.89. The number of aromatic nitrogens is 2. The van der Waals surface area contributed by atoms with Gasteiger partial charge in [-0.2, -0.15) is 5.10 Å². The summed E-state index contributed by atoms with van der Waals surface area (Å²) in [6.45, 7) is 1.53. The molecule has 6 heteroatoms. The van der Waals surface area contributed by atoms with E-state index in [1.807, 2.05) is 25.2 Å². The average molecular weight is 325 g/mol. The SMILES string of the molecule is COc1ccc(Br)cc1CN(C)Cc1cc(N)n[nH]1. The molecule has 0 fully saturated rings. The molecule has 19 heavy (non-hydrogen) atoms. The molecule has 1 heterocycles. The van der Waals surface area contributed by atoms with Gasteiger partial charge in [0.1, 0.15) is 11.6 Å². The van der Waals surface area contributed by atoms with E-state index in [4.69, 9.17) is 10.5 Å². The van der Waals surface area contributed by atoms with Crippen molar-refractivity contribution in [2.24, 2.45) is 0 Å². The molecule has 0 saturated heterocycles. The number of nitrogen functional groups attached to an aromatic ring is 1. The highest BCUT2D eigenvalue weighted by molar-refractivity contribution is 9.10. The Hall–Kier alpha value is -1.53. The number of halogens is 1. The van der Waals surface area contributed by atoms with Gasteiger partial charge in [0.15, 0.2) is 0 Å². The number of hydrogen-bond donors (Lipinski definition) is 2. The number of rotatable bonds is 5. The molecule has 0 amide bonds. The topological polar surface area (TPSA) is 67.2 Å². The van der Waals surface area contributed by atoms with E-state index in [2.05, 4.69) is 37.1 Å². The first-order chi connectivity index (χ1) is 9.08. The molecule has 2 aromatic rings. The number of anilines is 1. The van der Waals surface area contributed by atoms with E-state index < -0.39 is 0 Å². The van der Waals surface area contributed by atoms with Crippen LogP contribution >= 0.6 is 15.9 Å². The lowest BCUT2D eigenvalue weighted by molar-refractivity contribution is 0.306. The zero-order valence-electron chi connectivity index (χ0n) is 11.0. The standard InChI is InChI=1S/C13H17BrN4O/c1-18(8-11-6-13(15)17-16-11)7-9-5-10(14)3-4-12(9)19-2/h3-6H,7-8H2,1-2H3,(H3,15,16,17). The minimum Gasteiger partial charge on any atom is -0.496 e. The number of hydrogen-bond acceptors (Lipinski definition) is 4. The smallest absolute Gasteiger partial charge is 0.145 e. The molecule has 1 aromatic carbocycles. The van der Waals surface area contributed by atoms with Gasteiger partial charge in [-0.15, -0.1) is 0 Å². The second-order valence-corrected chi connectivity index (χ2v) is 5.36. The minimum atomic E-state index is 0.517. The number of nitrogens with two attached hydrogens (primary N) is 1. The maximum absolute atomic E-state index is 5.59. The van der Waals surface area contributed by atoms with E-state index in [-0.39, 0.29) is 0 Å². The number of methoxy groups -OCH3 is 1. The number of ether oxygens (including phenoxy) is 1. The number of benzene rings is 1.